The fourth-order valence-electron chi connectivity index (χ4n) is 2.66. The maximum atomic E-state index is 11.4. The van der Waals surface area contributed by atoms with Crippen molar-refractivity contribution in [2.75, 3.05) is 19.0 Å². The van der Waals surface area contributed by atoms with E-state index in [0.29, 0.717) is 23.3 Å². The van der Waals surface area contributed by atoms with E-state index in [4.69, 9.17) is 10.5 Å². The minimum atomic E-state index is -0.425. The third kappa shape index (κ3) is 2.85. The summed E-state index contributed by atoms with van der Waals surface area (Å²) >= 11 is 0. The SMILES string of the molecule is COc1ccnc(NC[C@H]2CCn3ncc(C(N)=O)c3C2)n1. The second-order valence-corrected chi connectivity index (χ2v) is 5.25. The second-order valence-electron chi connectivity index (χ2n) is 5.25. The number of rotatable bonds is 5. The van der Waals surface area contributed by atoms with E-state index < -0.39 is 5.91 Å². The van der Waals surface area contributed by atoms with Gasteiger partial charge in [-0.3, -0.25) is 9.48 Å². The molecular weight excluding hydrogens is 284 g/mol. The molecule has 8 nitrogen and oxygen atoms in total. The summed E-state index contributed by atoms with van der Waals surface area (Å²) in [7, 11) is 1.57. The van der Waals surface area contributed by atoms with Gasteiger partial charge in [-0.2, -0.15) is 10.1 Å². The molecule has 0 fully saturated rings. The number of fused-ring (bicyclic) bond motifs is 1. The molecule has 0 spiro atoms. The molecule has 1 atom stereocenters. The number of aryl methyl sites for hydroxylation is 1. The Labute approximate surface area is 127 Å². The maximum Gasteiger partial charge on any atom is 0.252 e. The first kappa shape index (κ1) is 14.3. The summed E-state index contributed by atoms with van der Waals surface area (Å²) in [5.41, 5.74) is 6.81. The molecule has 0 saturated carbocycles. The van der Waals surface area contributed by atoms with Crippen LogP contribution in [-0.4, -0.2) is 39.3 Å². The van der Waals surface area contributed by atoms with E-state index in [-0.39, 0.29) is 0 Å². The van der Waals surface area contributed by atoms with Crippen molar-refractivity contribution >= 4 is 11.9 Å². The number of ether oxygens (including phenoxy) is 1. The highest BCUT2D eigenvalue weighted by molar-refractivity contribution is 5.93. The molecule has 22 heavy (non-hydrogen) atoms. The summed E-state index contributed by atoms with van der Waals surface area (Å²) < 4.78 is 6.93. The number of anilines is 1. The van der Waals surface area contributed by atoms with Crippen LogP contribution in [0.2, 0.25) is 0 Å². The first-order valence-corrected chi connectivity index (χ1v) is 7.12. The number of nitrogens with two attached hydrogens (primary N) is 1. The van der Waals surface area contributed by atoms with Crippen LogP contribution in [0.1, 0.15) is 22.5 Å². The Kier molecular flexibility index (Phi) is 3.90. The smallest absolute Gasteiger partial charge is 0.252 e. The topological polar surface area (TPSA) is 108 Å². The lowest BCUT2D eigenvalue weighted by Gasteiger charge is -2.24. The van der Waals surface area contributed by atoms with Gasteiger partial charge in [-0.1, -0.05) is 0 Å². The lowest BCUT2D eigenvalue weighted by atomic mass is 9.94. The Morgan fingerprint density at radius 3 is 3.23 bits per heavy atom. The number of amides is 1. The molecule has 8 heteroatoms. The highest BCUT2D eigenvalue weighted by atomic mass is 16.5. The Hall–Kier alpha value is -2.64. The Morgan fingerprint density at radius 1 is 1.59 bits per heavy atom. The summed E-state index contributed by atoms with van der Waals surface area (Å²) in [6.07, 6.45) is 4.94. The highest BCUT2D eigenvalue weighted by Crippen LogP contribution is 2.23. The van der Waals surface area contributed by atoms with Crippen molar-refractivity contribution in [3.63, 3.8) is 0 Å². The quantitative estimate of drug-likeness (QED) is 0.830. The summed E-state index contributed by atoms with van der Waals surface area (Å²) in [6.45, 7) is 1.50. The number of nitrogens with one attached hydrogen (secondary N) is 1. The number of methoxy groups -OCH3 is 1. The Bertz CT molecular complexity index is 684. The number of nitrogens with zero attached hydrogens (tertiary/aromatic N) is 4. The Balaban J connectivity index is 1.65. The molecule has 1 aliphatic rings. The molecule has 2 aromatic heterocycles. The molecule has 3 N–H and O–H groups in total. The molecule has 1 aliphatic heterocycles. The van der Waals surface area contributed by atoms with Crippen LogP contribution in [0.3, 0.4) is 0 Å². The fourth-order valence-corrected chi connectivity index (χ4v) is 2.66. The Morgan fingerprint density at radius 2 is 2.45 bits per heavy atom. The van der Waals surface area contributed by atoms with Gasteiger partial charge < -0.3 is 15.8 Å². The molecule has 116 valence electrons. The van der Waals surface area contributed by atoms with Crippen LogP contribution in [-0.2, 0) is 13.0 Å². The van der Waals surface area contributed by atoms with Crippen molar-refractivity contribution in [1.82, 2.24) is 19.7 Å². The summed E-state index contributed by atoms with van der Waals surface area (Å²) in [5.74, 6) is 1.01. The molecule has 0 saturated heterocycles. The van der Waals surface area contributed by atoms with Crippen molar-refractivity contribution in [3.8, 4) is 5.88 Å². The van der Waals surface area contributed by atoms with Gasteiger partial charge in [0.1, 0.15) is 0 Å². The van der Waals surface area contributed by atoms with Crippen molar-refractivity contribution in [2.24, 2.45) is 11.7 Å². The van der Waals surface area contributed by atoms with Gasteiger partial charge in [-0.05, 0) is 18.8 Å². The van der Waals surface area contributed by atoms with Gasteiger partial charge in [0, 0.05) is 25.4 Å². The lowest BCUT2D eigenvalue weighted by Crippen LogP contribution is -2.27. The van der Waals surface area contributed by atoms with E-state index in [2.05, 4.69) is 20.4 Å². The average molecular weight is 302 g/mol. The first-order chi connectivity index (χ1) is 10.7. The predicted octanol–water partition coefficient (Wildman–Crippen LogP) is 0.455. The minimum Gasteiger partial charge on any atom is -0.481 e. The van der Waals surface area contributed by atoms with Crippen molar-refractivity contribution in [3.05, 3.63) is 29.7 Å². The van der Waals surface area contributed by atoms with Crippen molar-refractivity contribution in [1.29, 1.82) is 0 Å². The zero-order valence-corrected chi connectivity index (χ0v) is 12.3. The van der Waals surface area contributed by atoms with Crippen LogP contribution >= 0.6 is 0 Å². The number of carbonyl (C=O) groups excluding carboxylic acids is 1. The van der Waals surface area contributed by atoms with Crippen LogP contribution in [0.4, 0.5) is 5.95 Å². The van der Waals surface area contributed by atoms with Gasteiger partial charge in [-0.25, -0.2) is 4.98 Å². The van der Waals surface area contributed by atoms with Crippen LogP contribution in [0.5, 0.6) is 5.88 Å². The molecule has 0 unspecified atom stereocenters. The molecule has 3 heterocycles. The molecule has 0 aromatic carbocycles. The van der Waals surface area contributed by atoms with Gasteiger partial charge in [0.05, 0.1) is 24.6 Å². The highest BCUT2D eigenvalue weighted by Gasteiger charge is 2.24. The summed E-state index contributed by atoms with van der Waals surface area (Å²) in [4.78, 5) is 19.8. The molecule has 0 radical (unpaired) electrons. The van der Waals surface area contributed by atoms with E-state index >= 15 is 0 Å². The predicted molar refractivity (Wildman–Crippen MR) is 79.6 cm³/mol. The van der Waals surface area contributed by atoms with E-state index in [9.17, 15) is 4.79 Å². The fraction of sp³-hybridized carbons (Fsp3) is 0.429. The second kappa shape index (κ2) is 6.00. The van der Waals surface area contributed by atoms with Crippen molar-refractivity contribution < 1.29 is 9.53 Å². The zero-order chi connectivity index (χ0) is 15.5. The van der Waals surface area contributed by atoms with Gasteiger partial charge >= 0.3 is 0 Å². The number of aromatic nitrogens is 4. The summed E-state index contributed by atoms with van der Waals surface area (Å²) in [6, 6.07) is 1.70. The number of primary amides is 1. The lowest BCUT2D eigenvalue weighted by molar-refractivity contribution is 0.0998. The standard InChI is InChI=1S/C14H18N6O2/c1-22-12-2-4-16-14(19-12)17-7-9-3-5-20-11(6-9)10(8-18-20)13(15)21/h2,4,8-9H,3,5-7H2,1H3,(H2,15,21)(H,16,17,19)/t9-/m0/s1. The van der Waals surface area contributed by atoms with Gasteiger partial charge in [0.25, 0.3) is 5.91 Å². The number of hydrogen-bond acceptors (Lipinski definition) is 6. The van der Waals surface area contributed by atoms with E-state index in [1.165, 1.54) is 0 Å². The van der Waals surface area contributed by atoms with Gasteiger partial charge in [0.15, 0.2) is 0 Å². The zero-order valence-electron chi connectivity index (χ0n) is 12.3. The van der Waals surface area contributed by atoms with E-state index in [1.807, 2.05) is 4.68 Å². The molecule has 3 rings (SSSR count). The molecule has 0 bridgehead atoms. The number of carbonyl (C=O) groups is 1. The third-order valence-electron chi connectivity index (χ3n) is 3.83. The van der Waals surface area contributed by atoms with E-state index in [0.717, 1.165) is 31.6 Å². The molecule has 1 amide bonds. The van der Waals surface area contributed by atoms with Crippen LogP contribution in [0.15, 0.2) is 18.5 Å². The largest absolute Gasteiger partial charge is 0.481 e. The van der Waals surface area contributed by atoms with E-state index in [1.54, 1.807) is 25.6 Å². The monoisotopic (exact) mass is 302 g/mol. The maximum absolute atomic E-state index is 11.4. The number of hydrogen-bond donors (Lipinski definition) is 2. The van der Waals surface area contributed by atoms with Crippen LogP contribution in [0.25, 0.3) is 0 Å². The molecule has 0 aliphatic carbocycles. The summed E-state index contributed by atoms with van der Waals surface area (Å²) in [5, 5.41) is 7.42. The first-order valence-electron chi connectivity index (χ1n) is 7.12. The van der Waals surface area contributed by atoms with Gasteiger partial charge in [0.2, 0.25) is 11.8 Å². The van der Waals surface area contributed by atoms with Crippen molar-refractivity contribution in [2.45, 2.75) is 19.4 Å². The minimum absolute atomic E-state index is 0.372. The molecule has 2 aromatic rings. The van der Waals surface area contributed by atoms with Crippen LogP contribution < -0.4 is 15.8 Å². The molecular formula is C14H18N6O2. The van der Waals surface area contributed by atoms with Gasteiger partial charge in [-0.15, -0.1) is 0 Å². The average Bonchev–Trinajstić information content (AvgIpc) is 2.96. The van der Waals surface area contributed by atoms with Crippen LogP contribution in [0, 0.1) is 5.92 Å². The third-order valence-corrected chi connectivity index (χ3v) is 3.83. The normalized spacial score (nSPS) is 16.9.